The summed E-state index contributed by atoms with van der Waals surface area (Å²) in [6.45, 7) is 5.67. The van der Waals surface area contributed by atoms with Crippen LogP contribution < -0.4 is 10.6 Å². The highest BCUT2D eigenvalue weighted by Crippen LogP contribution is 2.37. The molecule has 1 aromatic heterocycles. The van der Waals surface area contributed by atoms with Gasteiger partial charge in [-0.15, -0.1) is 11.3 Å². The molecule has 1 aliphatic rings. The predicted molar refractivity (Wildman–Crippen MR) is 74.6 cm³/mol. The standard InChI is InChI=1S/C13H17N3S/c1-8-5-9(2)16(6-8)10-3-4-11-13(12(10)14)15-7-17-11/h3-4,7-9H,5-6,14H2,1-2H3. The number of hydrogen-bond donors (Lipinski definition) is 1. The summed E-state index contributed by atoms with van der Waals surface area (Å²) >= 11 is 1.64. The molecule has 2 aromatic rings. The van der Waals surface area contributed by atoms with Gasteiger partial charge in [0, 0.05) is 12.6 Å². The molecule has 0 saturated carbocycles. The fourth-order valence-corrected chi connectivity index (χ4v) is 3.52. The molecule has 0 radical (unpaired) electrons. The van der Waals surface area contributed by atoms with E-state index in [0.717, 1.165) is 29.4 Å². The van der Waals surface area contributed by atoms with Crippen molar-refractivity contribution in [1.82, 2.24) is 4.98 Å². The maximum atomic E-state index is 6.25. The molecule has 2 atom stereocenters. The molecule has 2 heterocycles. The number of rotatable bonds is 1. The molecule has 2 unspecified atom stereocenters. The van der Waals surface area contributed by atoms with E-state index in [-0.39, 0.29) is 0 Å². The summed E-state index contributed by atoms with van der Waals surface area (Å²) in [5.41, 5.74) is 11.1. The smallest absolute Gasteiger partial charge is 0.106 e. The molecular weight excluding hydrogens is 230 g/mol. The van der Waals surface area contributed by atoms with Crippen LogP contribution in [0, 0.1) is 5.92 Å². The number of nitrogens with two attached hydrogens (primary N) is 1. The topological polar surface area (TPSA) is 42.2 Å². The number of thiazole rings is 1. The van der Waals surface area contributed by atoms with Crippen molar-refractivity contribution in [2.75, 3.05) is 17.2 Å². The third kappa shape index (κ3) is 1.67. The van der Waals surface area contributed by atoms with Gasteiger partial charge in [0.1, 0.15) is 5.52 Å². The molecule has 90 valence electrons. The number of aromatic nitrogens is 1. The lowest BCUT2D eigenvalue weighted by molar-refractivity contribution is 0.625. The van der Waals surface area contributed by atoms with Crippen LogP contribution in [0.4, 0.5) is 11.4 Å². The number of nitrogens with zero attached hydrogens (tertiary/aromatic N) is 2. The lowest BCUT2D eigenvalue weighted by Gasteiger charge is -2.25. The maximum Gasteiger partial charge on any atom is 0.106 e. The molecule has 1 saturated heterocycles. The molecule has 0 amide bonds. The van der Waals surface area contributed by atoms with Crippen molar-refractivity contribution >= 4 is 32.9 Å². The highest BCUT2D eigenvalue weighted by Gasteiger charge is 2.27. The minimum Gasteiger partial charge on any atom is -0.395 e. The van der Waals surface area contributed by atoms with Gasteiger partial charge < -0.3 is 10.6 Å². The molecule has 3 nitrogen and oxygen atoms in total. The van der Waals surface area contributed by atoms with Crippen molar-refractivity contribution < 1.29 is 0 Å². The summed E-state index contributed by atoms with van der Waals surface area (Å²) < 4.78 is 1.17. The van der Waals surface area contributed by atoms with Gasteiger partial charge in [0.2, 0.25) is 0 Å². The second-order valence-electron chi connectivity index (χ2n) is 5.04. The van der Waals surface area contributed by atoms with Gasteiger partial charge in [-0.3, -0.25) is 0 Å². The number of anilines is 2. The fraction of sp³-hybridized carbons (Fsp3) is 0.462. The van der Waals surface area contributed by atoms with Gasteiger partial charge in [-0.25, -0.2) is 4.98 Å². The largest absolute Gasteiger partial charge is 0.395 e. The average Bonchev–Trinajstić information content (AvgIpc) is 2.86. The summed E-state index contributed by atoms with van der Waals surface area (Å²) in [5, 5.41) is 0. The summed E-state index contributed by atoms with van der Waals surface area (Å²) in [4.78, 5) is 6.78. The molecule has 0 bridgehead atoms. The Bertz CT molecular complexity index is 549. The zero-order valence-electron chi connectivity index (χ0n) is 10.2. The van der Waals surface area contributed by atoms with Gasteiger partial charge in [-0.05, 0) is 31.4 Å². The predicted octanol–water partition coefficient (Wildman–Crippen LogP) is 3.11. The quantitative estimate of drug-likeness (QED) is 0.787. The van der Waals surface area contributed by atoms with Crippen LogP contribution >= 0.6 is 11.3 Å². The molecule has 4 heteroatoms. The van der Waals surface area contributed by atoms with E-state index >= 15 is 0 Å². The van der Waals surface area contributed by atoms with Gasteiger partial charge in [-0.2, -0.15) is 0 Å². The monoisotopic (exact) mass is 247 g/mol. The molecule has 1 fully saturated rings. The van der Waals surface area contributed by atoms with E-state index in [9.17, 15) is 0 Å². The van der Waals surface area contributed by atoms with E-state index in [1.54, 1.807) is 11.3 Å². The first-order chi connectivity index (χ1) is 8.16. The van der Waals surface area contributed by atoms with Crippen LogP contribution in [0.15, 0.2) is 17.6 Å². The fourth-order valence-electron chi connectivity index (χ4n) is 2.83. The van der Waals surface area contributed by atoms with Gasteiger partial charge in [0.25, 0.3) is 0 Å². The Hall–Kier alpha value is -1.29. The van der Waals surface area contributed by atoms with Gasteiger partial charge in [-0.1, -0.05) is 6.92 Å². The van der Waals surface area contributed by atoms with Crippen molar-refractivity contribution in [2.24, 2.45) is 5.92 Å². The Morgan fingerprint density at radius 3 is 2.94 bits per heavy atom. The first-order valence-electron chi connectivity index (χ1n) is 6.05. The van der Waals surface area contributed by atoms with Crippen molar-refractivity contribution in [3.8, 4) is 0 Å². The molecule has 1 aliphatic heterocycles. The third-order valence-electron chi connectivity index (χ3n) is 3.61. The van der Waals surface area contributed by atoms with E-state index in [4.69, 9.17) is 5.73 Å². The third-order valence-corrected chi connectivity index (χ3v) is 4.41. The Labute approximate surface area is 105 Å². The van der Waals surface area contributed by atoms with Crippen LogP contribution in [0.2, 0.25) is 0 Å². The van der Waals surface area contributed by atoms with Crippen LogP contribution in [-0.2, 0) is 0 Å². The lowest BCUT2D eigenvalue weighted by atomic mass is 10.1. The molecule has 0 spiro atoms. The SMILES string of the molecule is CC1CC(C)N(c2ccc3scnc3c2N)C1. The highest BCUT2D eigenvalue weighted by molar-refractivity contribution is 7.16. The molecule has 0 aliphatic carbocycles. The second kappa shape index (κ2) is 3.88. The minimum absolute atomic E-state index is 0.573. The zero-order chi connectivity index (χ0) is 12.0. The lowest BCUT2D eigenvalue weighted by Crippen LogP contribution is -2.27. The van der Waals surface area contributed by atoms with Gasteiger partial charge in [0.05, 0.1) is 21.6 Å². The summed E-state index contributed by atoms with van der Waals surface area (Å²) in [5.74, 6) is 0.746. The Morgan fingerprint density at radius 2 is 2.24 bits per heavy atom. The second-order valence-corrected chi connectivity index (χ2v) is 5.93. The molecule has 1 aromatic carbocycles. The van der Waals surface area contributed by atoms with Crippen molar-refractivity contribution in [2.45, 2.75) is 26.3 Å². The number of hydrogen-bond acceptors (Lipinski definition) is 4. The van der Waals surface area contributed by atoms with E-state index in [1.165, 1.54) is 11.1 Å². The van der Waals surface area contributed by atoms with E-state index in [2.05, 4.69) is 35.9 Å². The average molecular weight is 247 g/mol. The molecule has 2 N–H and O–H groups in total. The Kier molecular flexibility index (Phi) is 2.47. The van der Waals surface area contributed by atoms with Crippen LogP contribution in [0.5, 0.6) is 0 Å². The number of fused-ring (bicyclic) bond motifs is 1. The minimum atomic E-state index is 0.573. The van der Waals surface area contributed by atoms with Crippen molar-refractivity contribution in [1.29, 1.82) is 0 Å². The first-order valence-corrected chi connectivity index (χ1v) is 6.93. The van der Waals surface area contributed by atoms with Crippen molar-refractivity contribution in [3.63, 3.8) is 0 Å². The van der Waals surface area contributed by atoms with E-state index < -0.39 is 0 Å². The van der Waals surface area contributed by atoms with E-state index in [0.29, 0.717) is 6.04 Å². The number of nitrogen functional groups attached to an aromatic ring is 1. The first kappa shape index (κ1) is 10.8. The van der Waals surface area contributed by atoms with Crippen LogP contribution in [-0.4, -0.2) is 17.6 Å². The highest BCUT2D eigenvalue weighted by atomic mass is 32.1. The zero-order valence-corrected chi connectivity index (χ0v) is 11.0. The number of benzene rings is 1. The van der Waals surface area contributed by atoms with Crippen LogP contribution in [0.25, 0.3) is 10.2 Å². The molecular formula is C13H17N3S. The Morgan fingerprint density at radius 1 is 1.41 bits per heavy atom. The van der Waals surface area contributed by atoms with Crippen LogP contribution in [0.1, 0.15) is 20.3 Å². The molecule has 3 rings (SSSR count). The van der Waals surface area contributed by atoms with Crippen molar-refractivity contribution in [3.05, 3.63) is 17.6 Å². The molecule has 17 heavy (non-hydrogen) atoms. The van der Waals surface area contributed by atoms with E-state index in [1.807, 2.05) is 5.51 Å². The normalized spacial score (nSPS) is 24.7. The summed E-state index contributed by atoms with van der Waals surface area (Å²) in [6, 6.07) is 4.85. The van der Waals surface area contributed by atoms with Gasteiger partial charge >= 0.3 is 0 Å². The van der Waals surface area contributed by atoms with Crippen LogP contribution in [0.3, 0.4) is 0 Å². The summed E-state index contributed by atoms with van der Waals surface area (Å²) in [6.07, 6.45) is 1.24. The maximum absolute atomic E-state index is 6.25. The summed E-state index contributed by atoms with van der Waals surface area (Å²) in [7, 11) is 0. The van der Waals surface area contributed by atoms with Gasteiger partial charge in [0.15, 0.2) is 0 Å². The Balaban J connectivity index is 2.08.